The molecule has 8 nitrogen and oxygen atoms in total. The molecule has 2 aliphatic rings. The molecule has 2 aliphatic heterocycles. The highest BCUT2D eigenvalue weighted by Gasteiger charge is 2.35. The first-order valence-electron chi connectivity index (χ1n) is 6.59. The smallest absolute Gasteiger partial charge is 0.353 e. The Morgan fingerprint density at radius 3 is 2.65 bits per heavy atom. The van der Waals surface area contributed by atoms with Crippen molar-refractivity contribution in [3.63, 3.8) is 0 Å². The topological polar surface area (TPSA) is 109 Å². The van der Waals surface area contributed by atoms with Crippen LogP contribution in [0.15, 0.2) is 5.16 Å². The van der Waals surface area contributed by atoms with Crippen molar-refractivity contribution in [1.82, 2.24) is 4.90 Å². The average Bonchev–Trinajstić information content (AvgIpc) is 2.95. The first-order valence-corrected chi connectivity index (χ1v) is 6.59. The van der Waals surface area contributed by atoms with E-state index >= 15 is 0 Å². The lowest BCUT2D eigenvalue weighted by Gasteiger charge is -2.32. The summed E-state index contributed by atoms with van der Waals surface area (Å²) >= 11 is 0. The van der Waals surface area contributed by atoms with E-state index in [1.54, 1.807) is 4.90 Å². The lowest BCUT2D eigenvalue weighted by molar-refractivity contribution is -0.144. The number of likely N-dealkylation sites (tertiary alicyclic amines) is 1. The third kappa shape index (κ3) is 3.45. The first kappa shape index (κ1) is 14.7. The number of aliphatic hydroxyl groups excluding tert-OH is 1. The zero-order valence-electron chi connectivity index (χ0n) is 11.0. The monoisotopic (exact) mass is 286 g/mol. The van der Waals surface area contributed by atoms with Gasteiger partial charge in [0.15, 0.2) is 5.71 Å². The van der Waals surface area contributed by atoms with Crippen molar-refractivity contribution >= 4 is 17.6 Å². The minimum atomic E-state index is -1.16. The van der Waals surface area contributed by atoms with Crippen LogP contribution < -0.4 is 0 Å². The fourth-order valence-corrected chi connectivity index (χ4v) is 2.30. The number of carbonyl (C=O) groups excluding carboxylic acids is 1. The van der Waals surface area contributed by atoms with E-state index in [2.05, 4.69) is 5.16 Å². The molecule has 1 fully saturated rings. The van der Waals surface area contributed by atoms with E-state index < -0.39 is 12.1 Å². The number of hydrogen-bond donors (Lipinski definition) is 2. The maximum absolute atomic E-state index is 12.1. The van der Waals surface area contributed by atoms with Gasteiger partial charge in [0, 0.05) is 19.5 Å². The van der Waals surface area contributed by atoms with Gasteiger partial charge in [-0.1, -0.05) is 5.16 Å². The van der Waals surface area contributed by atoms with Crippen LogP contribution in [0.4, 0.5) is 0 Å². The van der Waals surface area contributed by atoms with Crippen LogP contribution in [0.5, 0.6) is 0 Å². The summed E-state index contributed by atoms with van der Waals surface area (Å²) in [7, 11) is 0. The lowest BCUT2D eigenvalue weighted by Crippen LogP contribution is -2.45. The van der Waals surface area contributed by atoms with Crippen molar-refractivity contribution < 1.29 is 29.4 Å². The maximum Gasteiger partial charge on any atom is 0.353 e. The van der Waals surface area contributed by atoms with Gasteiger partial charge in [0.2, 0.25) is 6.10 Å². The largest absolute Gasteiger partial charge is 0.477 e. The Labute approximate surface area is 115 Å². The molecule has 8 heteroatoms. The number of oxime groups is 1. The van der Waals surface area contributed by atoms with Crippen molar-refractivity contribution in [2.45, 2.75) is 31.5 Å². The van der Waals surface area contributed by atoms with E-state index in [9.17, 15) is 9.59 Å². The normalized spacial score (nSPS) is 23.4. The van der Waals surface area contributed by atoms with Crippen LogP contribution >= 0.6 is 0 Å². The van der Waals surface area contributed by atoms with Crippen molar-refractivity contribution in [3.8, 4) is 0 Å². The van der Waals surface area contributed by atoms with Gasteiger partial charge in [-0.05, 0) is 12.8 Å². The number of aliphatic carboxylic acids is 1. The molecule has 2 rings (SSSR count). The quantitative estimate of drug-likeness (QED) is 0.686. The molecule has 0 aromatic carbocycles. The highest BCUT2D eigenvalue weighted by atomic mass is 16.6. The molecule has 0 saturated carbocycles. The molecule has 112 valence electrons. The molecule has 0 aromatic rings. The van der Waals surface area contributed by atoms with Crippen LogP contribution in [0.2, 0.25) is 0 Å². The third-order valence-corrected chi connectivity index (χ3v) is 3.39. The number of carboxylic acids is 1. The molecular formula is C12H18N2O6. The minimum Gasteiger partial charge on any atom is -0.477 e. The summed E-state index contributed by atoms with van der Waals surface area (Å²) < 4.78 is 5.41. The van der Waals surface area contributed by atoms with Gasteiger partial charge >= 0.3 is 5.97 Å². The van der Waals surface area contributed by atoms with Crippen molar-refractivity contribution in [1.29, 1.82) is 0 Å². The number of aliphatic hydroxyl groups is 1. The SMILES string of the molecule is O=C(O)C1=NOC(C(=O)N2CCC(OCCO)CC2)C1. The molecule has 0 radical (unpaired) electrons. The van der Waals surface area contributed by atoms with Crippen LogP contribution in [-0.2, 0) is 19.2 Å². The second kappa shape index (κ2) is 6.67. The Morgan fingerprint density at radius 2 is 2.10 bits per heavy atom. The molecule has 1 unspecified atom stereocenters. The highest BCUT2D eigenvalue weighted by Crippen LogP contribution is 2.19. The molecule has 1 atom stereocenters. The van der Waals surface area contributed by atoms with Crippen LogP contribution in [0.1, 0.15) is 19.3 Å². The van der Waals surface area contributed by atoms with Crippen LogP contribution in [-0.4, -0.2) is 71.2 Å². The van der Waals surface area contributed by atoms with E-state index in [-0.39, 0.29) is 30.8 Å². The third-order valence-electron chi connectivity index (χ3n) is 3.39. The fourth-order valence-electron chi connectivity index (χ4n) is 2.30. The molecule has 0 aromatic heterocycles. The second-order valence-corrected chi connectivity index (χ2v) is 4.76. The van der Waals surface area contributed by atoms with Gasteiger partial charge in [0.05, 0.1) is 19.3 Å². The molecule has 2 heterocycles. The van der Waals surface area contributed by atoms with E-state index in [0.29, 0.717) is 32.5 Å². The molecule has 20 heavy (non-hydrogen) atoms. The number of amides is 1. The first-order chi connectivity index (χ1) is 9.61. The number of hydrogen-bond acceptors (Lipinski definition) is 6. The Kier molecular flexibility index (Phi) is 4.91. The fraction of sp³-hybridized carbons (Fsp3) is 0.750. The standard InChI is InChI=1S/C12H18N2O6/c15-5-6-19-8-1-3-14(4-2-8)11(16)10-7-9(12(17)18)13-20-10/h8,10,15H,1-7H2,(H,17,18). The molecule has 0 bridgehead atoms. The summed E-state index contributed by atoms with van der Waals surface area (Å²) in [5.41, 5.74) is -0.121. The zero-order valence-corrected chi connectivity index (χ0v) is 11.0. The molecule has 0 aliphatic carbocycles. The van der Waals surface area contributed by atoms with Crippen molar-refractivity contribution in [3.05, 3.63) is 0 Å². The van der Waals surface area contributed by atoms with Gasteiger partial charge in [-0.25, -0.2) is 4.79 Å². The molecular weight excluding hydrogens is 268 g/mol. The minimum absolute atomic E-state index is 0.00904. The summed E-state index contributed by atoms with van der Waals surface area (Å²) in [6, 6.07) is 0. The summed E-state index contributed by atoms with van der Waals surface area (Å²) in [5, 5.41) is 20.9. The van der Waals surface area contributed by atoms with Crippen LogP contribution in [0.3, 0.4) is 0 Å². The van der Waals surface area contributed by atoms with E-state index in [4.69, 9.17) is 19.8 Å². The van der Waals surface area contributed by atoms with Crippen LogP contribution in [0, 0.1) is 0 Å². The number of piperidine rings is 1. The van der Waals surface area contributed by atoms with E-state index in [1.165, 1.54) is 0 Å². The van der Waals surface area contributed by atoms with Gasteiger partial charge in [0.25, 0.3) is 5.91 Å². The molecule has 2 N–H and O–H groups in total. The second-order valence-electron chi connectivity index (χ2n) is 4.76. The number of rotatable bonds is 5. The summed E-state index contributed by atoms with van der Waals surface area (Å²) in [6.45, 7) is 1.37. The van der Waals surface area contributed by atoms with Gasteiger partial charge in [0.1, 0.15) is 0 Å². The summed E-state index contributed by atoms with van der Waals surface area (Å²) in [5.74, 6) is -1.39. The van der Waals surface area contributed by atoms with Gasteiger partial charge in [-0.15, -0.1) is 0 Å². The molecule has 1 saturated heterocycles. The number of carboxylic acid groups (broad SMARTS) is 1. The predicted molar refractivity (Wildman–Crippen MR) is 67.2 cm³/mol. The van der Waals surface area contributed by atoms with E-state index in [0.717, 1.165) is 0 Å². The van der Waals surface area contributed by atoms with Crippen molar-refractivity contribution in [2.75, 3.05) is 26.3 Å². The Balaban J connectivity index is 1.77. The maximum atomic E-state index is 12.1. The summed E-state index contributed by atoms with van der Waals surface area (Å²) in [4.78, 5) is 29.4. The van der Waals surface area contributed by atoms with Crippen LogP contribution in [0.25, 0.3) is 0 Å². The van der Waals surface area contributed by atoms with Gasteiger partial charge < -0.3 is 24.7 Å². The Morgan fingerprint density at radius 1 is 1.40 bits per heavy atom. The number of carbonyl (C=O) groups is 2. The lowest BCUT2D eigenvalue weighted by atomic mass is 10.1. The van der Waals surface area contributed by atoms with Gasteiger partial charge in [-0.2, -0.15) is 0 Å². The Bertz CT molecular complexity index is 403. The average molecular weight is 286 g/mol. The Hall–Kier alpha value is -1.67. The summed E-state index contributed by atoms with van der Waals surface area (Å²) in [6.07, 6.45) is 0.642. The predicted octanol–water partition coefficient (Wildman–Crippen LogP) is -0.784. The molecule has 1 amide bonds. The van der Waals surface area contributed by atoms with Crippen molar-refractivity contribution in [2.24, 2.45) is 5.16 Å². The zero-order chi connectivity index (χ0) is 14.5. The van der Waals surface area contributed by atoms with Gasteiger partial charge in [-0.3, -0.25) is 4.79 Å². The number of ether oxygens (including phenoxy) is 1. The highest BCUT2D eigenvalue weighted by molar-refractivity contribution is 6.36. The van der Waals surface area contributed by atoms with E-state index in [1.807, 2.05) is 0 Å². The molecule has 0 spiro atoms. The number of nitrogens with zero attached hydrogens (tertiary/aromatic N) is 2.